The highest BCUT2D eigenvalue weighted by Crippen LogP contribution is 2.19. The van der Waals surface area contributed by atoms with E-state index in [-0.39, 0.29) is 5.91 Å². The van der Waals surface area contributed by atoms with Gasteiger partial charge in [-0.1, -0.05) is 15.9 Å². The van der Waals surface area contributed by atoms with E-state index in [9.17, 15) is 4.79 Å². The van der Waals surface area contributed by atoms with Crippen molar-refractivity contribution in [3.8, 4) is 0 Å². The van der Waals surface area contributed by atoms with Crippen molar-refractivity contribution in [2.24, 2.45) is 0 Å². The predicted molar refractivity (Wildman–Crippen MR) is 83.5 cm³/mol. The zero-order chi connectivity index (χ0) is 14.0. The van der Waals surface area contributed by atoms with Crippen molar-refractivity contribution in [1.29, 1.82) is 0 Å². The lowest BCUT2D eigenvalue weighted by molar-refractivity contribution is 0.102. The second-order valence-electron chi connectivity index (χ2n) is 4.24. The first-order valence-electron chi connectivity index (χ1n) is 5.67. The van der Waals surface area contributed by atoms with E-state index >= 15 is 0 Å². The number of amides is 1. The van der Waals surface area contributed by atoms with Gasteiger partial charge in [0.25, 0.3) is 5.91 Å². The zero-order valence-electron chi connectivity index (χ0n) is 10.5. The van der Waals surface area contributed by atoms with Crippen LogP contribution in [0.25, 0.3) is 0 Å². The second-order valence-corrected chi connectivity index (χ2v) is 5.97. The Morgan fingerprint density at radius 1 is 1.16 bits per heavy atom. The third kappa shape index (κ3) is 3.64. The number of pyridine rings is 1. The number of halogens is 2. The Kier molecular flexibility index (Phi) is 4.37. The highest BCUT2D eigenvalue weighted by Gasteiger charge is 2.09. The molecule has 0 fully saturated rings. The first kappa shape index (κ1) is 14.2. The third-order valence-electron chi connectivity index (χ3n) is 2.60. The van der Waals surface area contributed by atoms with Crippen molar-refractivity contribution in [1.82, 2.24) is 4.98 Å². The maximum absolute atomic E-state index is 12.2. The van der Waals surface area contributed by atoms with Crippen molar-refractivity contribution in [3.63, 3.8) is 0 Å². The number of carbonyl (C=O) groups is 1. The Labute approximate surface area is 128 Å². The topological polar surface area (TPSA) is 42.0 Å². The maximum atomic E-state index is 12.2. The zero-order valence-corrected chi connectivity index (χ0v) is 13.7. The van der Waals surface area contributed by atoms with Crippen LogP contribution in [0.1, 0.15) is 21.6 Å². The monoisotopic (exact) mass is 382 g/mol. The average molecular weight is 384 g/mol. The Hall–Kier alpha value is -1.20. The van der Waals surface area contributed by atoms with Gasteiger partial charge in [0.15, 0.2) is 0 Å². The van der Waals surface area contributed by atoms with Gasteiger partial charge in [-0.3, -0.25) is 4.79 Å². The Morgan fingerprint density at radius 3 is 2.53 bits per heavy atom. The molecule has 2 rings (SSSR count). The largest absolute Gasteiger partial charge is 0.320 e. The van der Waals surface area contributed by atoms with Crippen molar-refractivity contribution < 1.29 is 4.79 Å². The summed E-state index contributed by atoms with van der Waals surface area (Å²) in [6, 6.07) is 9.23. The molecule has 1 aromatic carbocycles. The number of nitrogens with zero attached hydrogens (tertiary/aromatic N) is 1. The molecule has 0 aliphatic carbocycles. The lowest BCUT2D eigenvalue weighted by Gasteiger charge is -2.09. The highest BCUT2D eigenvalue weighted by atomic mass is 79.9. The minimum atomic E-state index is -0.142. The van der Waals surface area contributed by atoms with Crippen molar-refractivity contribution in [2.75, 3.05) is 5.32 Å². The van der Waals surface area contributed by atoms with Gasteiger partial charge in [-0.2, -0.15) is 0 Å². The molecule has 98 valence electrons. The standard InChI is InChI=1S/C14H12Br2N2O/c1-8-5-10(7-11(15)6-8)14(19)18-12-3-4-13(16)17-9(12)2/h3-7H,1-2H3,(H,18,19). The van der Waals surface area contributed by atoms with Gasteiger partial charge in [0.05, 0.1) is 11.4 Å². The lowest BCUT2D eigenvalue weighted by Crippen LogP contribution is -2.13. The van der Waals surface area contributed by atoms with Gasteiger partial charge in [-0.25, -0.2) is 4.98 Å². The smallest absolute Gasteiger partial charge is 0.255 e. The number of hydrogen-bond acceptors (Lipinski definition) is 2. The SMILES string of the molecule is Cc1cc(Br)cc(C(=O)Nc2ccc(Br)nc2C)c1. The fraction of sp³-hybridized carbons (Fsp3) is 0.143. The van der Waals surface area contributed by atoms with Crippen LogP contribution in [0.4, 0.5) is 5.69 Å². The van der Waals surface area contributed by atoms with Crippen LogP contribution in [0.5, 0.6) is 0 Å². The molecule has 1 aromatic heterocycles. The van der Waals surface area contributed by atoms with Crippen LogP contribution in [-0.4, -0.2) is 10.9 Å². The van der Waals surface area contributed by atoms with E-state index in [1.54, 1.807) is 12.1 Å². The van der Waals surface area contributed by atoms with Crippen LogP contribution < -0.4 is 5.32 Å². The summed E-state index contributed by atoms with van der Waals surface area (Å²) in [5.74, 6) is -0.142. The van der Waals surface area contributed by atoms with Gasteiger partial charge in [-0.05, 0) is 65.7 Å². The fourth-order valence-electron chi connectivity index (χ4n) is 1.72. The van der Waals surface area contributed by atoms with Crippen LogP contribution in [0.2, 0.25) is 0 Å². The lowest BCUT2D eigenvalue weighted by atomic mass is 10.1. The Morgan fingerprint density at radius 2 is 1.89 bits per heavy atom. The second kappa shape index (κ2) is 5.84. The summed E-state index contributed by atoms with van der Waals surface area (Å²) in [6.07, 6.45) is 0. The molecule has 1 amide bonds. The van der Waals surface area contributed by atoms with Crippen LogP contribution in [0.15, 0.2) is 39.4 Å². The number of rotatable bonds is 2. The summed E-state index contributed by atoms with van der Waals surface area (Å²) < 4.78 is 1.64. The minimum absolute atomic E-state index is 0.142. The van der Waals surface area contributed by atoms with Gasteiger partial charge in [0, 0.05) is 10.0 Å². The molecule has 0 aliphatic heterocycles. The van der Waals surface area contributed by atoms with E-state index in [4.69, 9.17) is 0 Å². The Bertz CT molecular complexity index is 621. The van der Waals surface area contributed by atoms with E-state index in [2.05, 4.69) is 42.2 Å². The molecule has 0 spiro atoms. The van der Waals surface area contributed by atoms with Gasteiger partial charge >= 0.3 is 0 Å². The maximum Gasteiger partial charge on any atom is 0.255 e. The molecular formula is C14H12Br2N2O. The summed E-state index contributed by atoms with van der Waals surface area (Å²) in [7, 11) is 0. The average Bonchev–Trinajstić information content (AvgIpc) is 2.31. The molecule has 5 heteroatoms. The summed E-state index contributed by atoms with van der Waals surface area (Å²) in [6.45, 7) is 3.81. The minimum Gasteiger partial charge on any atom is -0.320 e. The fourth-order valence-corrected chi connectivity index (χ4v) is 2.73. The number of aryl methyl sites for hydroxylation is 2. The summed E-state index contributed by atoms with van der Waals surface area (Å²) in [5, 5.41) is 2.87. The van der Waals surface area contributed by atoms with Gasteiger partial charge < -0.3 is 5.32 Å². The van der Waals surface area contributed by atoms with Crippen LogP contribution in [-0.2, 0) is 0 Å². The van der Waals surface area contributed by atoms with Crippen LogP contribution in [0, 0.1) is 13.8 Å². The number of hydrogen-bond donors (Lipinski definition) is 1. The summed E-state index contributed by atoms with van der Waals surface area (Å²) in [4.78, 5) is 16.4. The Balaban J connectivity index is 2.25. The molecule has 0 aliphatic rings. The van der Waals surface area contributed by atoms with E-state index in [0.29, 0.717) is 11.3 Å². The molecule has 1 heterocycles. The normalized spacial score (nSPS) is 10.3. The molecule has 0 saturated carbocycles. The number of benzene rings is 1. The number of anilines is 1. The first-order chi connectivity index (χ1) is 8.95. The number of nitrogens with one attached hydrogen (secondary N) is 1. The molecule has 0 atom stereocenters. The quantitative estimate of drug-likeness (QED) is 0.777. The van der Waals surface area contributed by atoms with E-state index in [0.717, 1.165) is 20.3 Å². The number of aromatic nitrogens is 1. The molecule has 0 saturated heterocycles. The third-order valence-corrected chi connectivity index (χ3v) is 3.50. The predicted octanol–water partition coefficient (Wildman–Crippen LogP) is 4.48. The van der Waals surface area contributed by atoms with E-state index < -0.39 is 0 Å². The van der Waals surface area contributed by atoms with Gasteiger partial charge in [0.1, 0.15) is 4.60 Å². The van der Waals surface area contributed by atoms with Crippen LogP contribution >= 0.6 is 31.9 Å². The molecular weight excluding hydrogens is 372 g/mol. The molecule has 1 N–H and O–H groups in total. The first-order valence-corrected chi connectivity index (χ1v) is 7.26. The molecule has 0 radical (unpaired) electrons. The van der Waals surface area contributed by atoms with Crippen molar-refractivity contribution >= 4 is 43.5 Å². The summed E-state index contributed by atoms with van der Waals surface area (Å²) >= 11 is 6.69. The molecule has 0 unspecified atom stereocenters. The molecule has 3 nitrogen and oxygen atoms in total. The van der Waals surface area contributed by atoms with E-state index in [1.165, 1.54) is 0 Å². The summed E-state index contributed by atoms with van der Waals surface area (Å²) in [5.41, 5.74) is 3.14. The van der Waals surface area contributed by atoms with Crippen molar-refractivity contribution in [2.45, 2.75) is 13.8 Å². The van der Waals surface area contributed by atoms with E-state index in [1.807, 2.05) is 32.0 Å². The molecule has 0 bridgehead atoms. The molecule has 2 aromatic rings. The van der Waals surface area contributed by atoms with Gasteiger partial charge in [-0.15, -0.1) is 0 Å². The van der Waals surface area contributed by atoms with Gasteiger partial charge in [0.2, 0.25) is 0 Å². The molecule has 19 heavy (non-hydrogen) atoms. The van der Waals surface area contributed by atoms with Crippen molar-refractivity contribution in [3.05, 3.63) is 56.2 Å². The number of carbonyl (C=O) groups excluding carboxylic acids is 1. The van der Waals surface area contributed by atoms with Crippen LogP contribution in [0.3, 0.4) is 0 Å². The highest BCUT2D eigenvalue weighted by molar-refractivity contribution is 9.10.